The SMILES string of the molecule is [2H]C([2H])([2H])Oc1cc2c(cc1OC([2H])([2H])[2H])C([2H])([2H])C([2H])([2H])N1C2([2H])CC(=O)C(C([2H])([2H])C([2H])(C([2H])([2H])[2H])C([2H])([2H])C)C1([2H])[2H].[2H]C([2H])([2H])Oc1cc2c(cc1OC([2H])([2H])[2H])C([2H])([2H])C([2H])([2H])N1C2([2H])CC(=O)C(CC(C)C)C1([2H])[2H].[2H]C([2H])([2H])Oc1cc2c(cc1OC([2H])([2H])[2H])C1([2H])N(C([2H])([2H])C([2H])(CC(C)C)C(=O)C1([2H])[2H])C([2H])([2H])C2([2H])[2H].[2H]C([2H])([2H])Oc1cc2c(cc1OC([2H])([2H])[2H])C1([2H])N(CC([2H])(C([2H])([2H])C([2H])(C([2H])([2H])[2H])C([2H])([2H])C)C(=O)C1([2H])[2H])C([2H])([2H])C2([2H])[2H].[2H]C([2H])([2H])Oc1cc2c(cc1OC([2H])([2H])[2H])C1([2H])N(CC([2H])(CC(C)C)C(=O)C1([2H])[2H])C([2H])([2H])C2([2H])[2H]. The van der Waals surface area contributed by atoms with Gasteiger partial charge in [0, 0.05) is 227 Å². The number of rotatable bonds is 22. The molecule has 5 saturated heterocycles. The van der Waals surface area contributed by atoms with E-state index in [1.54, 1.807) is 27.7 Å². The normalized spacial score (nSPS) is 49.6. The summed E-state index contributed by atoms with van der Waals surface area (Å²) in [4.78, 5) is 68.2. The highest BCUT2D eigenvalue weighted by Gasteiger charge is 2.45. The molecule has 0 saturated carbocycles. The summed E-state index contributed by atoms with van der Waals surface area (Å²) >= 11 is 0. The first-order valence-corrected chi connectivity index (χ1v) is 35.3. The first-order chi connectivity index (χ1) is 88.8. The summed E-state index contributed by atoms with van der Waals surface area (Å²) in [7, 11) is -32.3. The minimum Gasteiger partial charge on any atom is -0.493 e. The van der Waals surface area contributed by atoms with Gasteiger partial charge in [0.2, 0.25) is 0 Å². The second kappa shape index (κ2) is 41.0. The molecule has 0 aromatic heterocycles. The van der Waals surface area contributed by atoms with E-state index in [1.165, 1.54) is 13.8 Å². The van der Waals surface area contributed by atoms with Crippen LogP contribution in [0, 0.1) is 59.1 Å². The summed E-state index contributed by atoms with van der Waals surface area (Å²) < 4.78 is 750. The molecule has 117 heavy (non-hydrogen) atoms. The molecule has 0 aliphatic carbocycles. The van der Waals surface area contributed by atoms with Gasteiger partial charge in [-0.05, 0) is 210 Å². The van der Waals surface area contributed by atoms with Crippen molar-refractivity contribution >= 4 is 28.9 Å². The molecule has 0 N–H and O–H groups in total. The zero-order chi connectivity index (χ0) is 159. The van der Waals surface area contributed by atoms with Gasteiger partial charge in [-0.15, -0.1) is 0 Å². The summed E-state index contributed by atoms with van der Waals surface area (Å²) in [5.41, 5.74) is -7.91. The van der Waals surface area contributed by atoms with Gasteiger partial charge in [-0.3, -0.25) is 48.5 Å². The topological polar surface area (TPSA) is 194 Å². The Labute approximate surface area is 820 Å². The number of piperidine rings is 5. The van der Waals surface area contributed by atoms with E-state index in [9.17, 15) is 26.7 Å². The third-order valence-electron chi connectivity index (χ3n) is 18.2. The van der Waals surface area contributed by atoms with Crippen LogP contribution in [0.1, 0.15) is 349 Å². The summed E-state index contributed by atoms with van der Waals surface area (Å²) in [6.07, 6.45) is -45.0. The van der Waals surface area contributed by atoms with Crippen LogP contribution in [0.3, 0.4) is 0 Å². The molecule has 5 aromatic rings. The Hall–Kier alpha value is -7.75. The second-order valence-electron chi connectivity index (χ2n) is 27.5. The molecule has 0 spiro atoms. The number of Topliss-reactive ketones (excluding diaryl/α,β-unsaturated/α-hetero) is 5. The molecule has 0 amide bonds. The molecule has 10 heterocycles. The van der Waals surface area contributed by atoms with Crippen molar-refractivity contribution in [2.75, 3.05) is 135 Å². The molecule has 10 aliphatic heterocycles. The van der Waals surface area contributed by atoms with Gasteiger partial charge in [0.05, 0.1) is 118 Å². The molecule has 12 atom stereocenters. The van der Waals surface area contributed by atoms with E-state index in [-0.39, 0.29) is 39.4 Å². The Morgan fingerprint density at radius 3 is 0.991 bits per heavy atom. The highest BCUT2D eigenvalue weighted by Crippen LogP contribution is 2.49. The smallest absolute Gasteiger partial charge is 0.161 e. The van der Waals surface area contributed by atoms with E-state index < -0.39 is 464 Å². The van der Waals surface area contributed by atoms with Crippen LogP contribution in [0.4, 0.5) is 0 Å². The molecule has 642 valence electrons. The van der Waals surface area contributed by atoms with Gasteiger partial charge in [-0.1, -0.05) is 81.8 Å². The van der Waals surface area contributed by atoms with Gasteiger partial charge in [0.15, 0.2) is 57.5 Å². The number of aryl methyl sites for hydroxylation is 5. The lowest BCUT2D eigenvalue weighted by Gasteiger charge is -2.43. The van der Waals surface area contributed by atoms with Crippen molar-refractivity contribution in [3.05, 3.63) is 116 Å². The van der Waals surface area contributed by atoms with Crippen molar-refractivity contribution in [3.63, 3.8) is 0 Å². The molecule has 15 rings (SSSR count). The number of ketones is 5. The van der Waals surface area contributed by atoms with Crippen LogP contribution >= 0.6 is 0 Å². The van der Waals surface area contributed by atoms with Crippen molar-refractivity contribution in [2.45, 2.75) is 208 Å². The summed E-state index contributed by atoms with van der Waals surface area (Å²) in [6, 6.07) is -9.52. The van der Waals surface area contributed by atoms with Crippen LogP contribution < -0.4 is 47.4 Å². The third kappa shape index (κ3) is 21.0. The van der Waals surface area contributed by atoms with E-state index in [0.717, 1.165) is 12.1 Å². The Morgan fingerprint density at radius 2 is 0.641 bits per heavy atom. The molecule has 5 aromatic carbocycles. The number of fused-ring (bicyclic) bond motifs is 15. The van der Waals surface area contributed by atoms with Crippen LogP contribution in [0.5, 0.6) is 57.5 Å². The maximum atomic E-state index is 14.0. The Morgan fingerprint density at radius 1 is 0.359 bits per heavy atom. The largest absolute Gasteiger partial charge is 0.493 e. The average Bonchev–Trinajstić information content (AvgIpc) is 0.611. The number of carbonyl (C=O) groups excluding carboxylic acids is 5. The van der Waals surface area contributed by atoms with Gasteiger partial charge in [-0.25, -0.2) is 0 Å². The monoisotopic (exact) mass is 1700 g/mol. The predicted molar refractivity (Wildman–Crippen MR) is 460 cm³/mol. The average molecular weight is 1700 g/mol. The lowest BCUT2D eigenvalue weighted by Crippen LogP contribution is -2.46. The first-order valence-electron chi connectivity index (χ1n) is 78.3. The number of methoxy groups -OCH3 is 10. The molecule has 12 unspecified atom stereocenters. The van der Waals surface area contributed by atoms with Crippen LogP contribution in [0.2, 0.25) is 0 Å². The lowest BCUT2D eigenvalue weighted by atomic mass is 9.79. The number of benzene rings is 5. The van der Waals surface area contributed by atoms with Gasteiger partial charge in [0.25, 0.3) is 0 Å². The van der Waals surface area contributed by atoms with Crippen molar-refractivity contribution in [2.24, 2.45) is 59.1 Å². The van der Waals surface area contributed by atoms with Gasteiger partial charge >= 0.3 is 0 Å². The summed E-state index contributed by atoms with van der Waals surface area (Å²) in [5.74, 6) is -38.7. The number of hydrogen-bond donors (Lipinski definition) is 0. The van der Waals surface area contributed by atoms with E-state index in [2.05, 4.69) is 0 Å². The Kier molecular flexibility index (Phi) is 10.7. The molecule has 0 radical (unpaired) electrons. The van der Waals surface area contributed by atoms with E-state index in [0.29, 0.717) is 72.2 Å². The fourth-order valence-corrected chi connectivity index (χ4v) is 12.7. The van der Waals surface area contributed by atoms with Crippen molar-refractivity contribution in [1.29, 1.82) is 0 Å². The van der Waals surface area contributed by atoms with Gasteiger partial charge in [-0.2, -0.15) is 0 Å². The standard InChI is InChI=1S/2C20H29NO3.3C19H27NO3/c2*1-5-13(2)8-15-12-21-7-6-14-9-19(23-3)20(24-4)10-16(14)17(21)11-18(15)22;3*1-12(2)7-14-11-20-6-5-13-8-18(22-3)19(23-4)9-15(13)16(20)10-17(14)21/h2*9-10,13,15,17H,5-8,11-12H2,1-4H3;3*8-9,12,14,16H,5-7,10-11H2,1-4H3/i2D3,3D3,4D3,5D2,6D2,7D2,8D2,11D2,13D,15D,17D;2D3,3D3,4D3,5D2,6D2,7D2,8D2,12D2,13D,17D;3D3,4D3,5D2,6D2,10D2,11D2,14D,16D;3D3,4D3,5D2,6D2,10D2,14D,16D;3D3,4D3,5D2,6D2,11D2,16D. The van der Waals surface area contributed by atoms with Crippen LogP contribution in [-0.2, 0) is 55.8 Å². The third-order valence-corrected chi connectivity index (χ3v) is 18.2. The predicted octanol–water partition coefficient (Wildman–Crippen LogP) is 17.0. The second-order valence-corrected chi connectivity index (χ2v) is 27.5. The summed E-state index contributed by atoms with van der Waals surface area (Å²) in [5, 5.41) is 0. The number of ether oxygens (including phenoxy) is 10. The lowest BCUT2D eigenvalue weighted by molar-refractivity contribution is -0.130. The molecule has 10 aliphatic rings. The van der Waals surface area contributed by atoms with Crippen LogP contribution in [-0.4, -0.2) is 189 Å². The van der Waals surface area contributed by atoms with Crippen LogP contribution in [0.15, 0.2) is 60.7 Å². The van der Waals surface area contributed by atoms with Gasteiger partial charge in [0.1, 0.15) is 28.9 Å². The molecule has 20 nitrogen and oxygen atoms in total. The first kappa shape index (κ1) is 30.4. The summed E-state index contributed by atoms with van der Waals surface area (Å²) in [6.45, 7) is -27.1. The van der Waals surface area contributed by atoms with Crippen molar-refractivity contribution in [3.8, 4) is 57.5 Å². The van der Waals surface area contributed by atoms with Gasteiger partial charge < -0.3 is 47.4 Å². The number of carbonyl (C=O) groups is 5. The molecular formula is C97H139N5O15. The Balaban J connectivity index is 0.000000234. The zero-order valence-corrected chi connectivity index (χ0v) is 63.5. The maximum Gasteiger partial charge on any atom is 0.161 e. The van der Waals surface area contributed by atoms with E-state index in [1.807, 2.05) is 0 Å². The minimum atomic E-state index is -4.20. The highest BCUT2D eigenvalue weighted by atomic mass is 16.5. The van der Waals surface area contributed by atoms with E-state index in [4.69, 9.17) is 163 Å². The minimum absolute atomic E-state index is 0.0309. The zero-order valence-electron chi connectivity index (χ0n) is 149. The molecular weight excluding hydrogens is 1480 g/mol. The van der Waals surface area contributed by atoms with Crippen LogP contribution in [0.25, 0.3) is 0 Å². The molecule has 20 heteroatoms. The molecule has 0 bridgehead atoms. The number of nitrogens with zero attached hydrogens (tertiary/aromatic N) is 5. The quantitative estimate of drug-likeness (QED) is 0.0634. The fourth-order valence-electron chi connectivity index (χ4n) is 12.7. The number of hydrogen-bond acceptors (Lipinski definition) is 20. The van der Waals surface area contributed by atoms with E-state index >= 15 is 0 Å². The molecule has 5 fully saturated rings. The van der Waals surface area contributed by atoms with Crippen molar-refractivity contribution in [1.82, 2.24) is 24.5 Å². The Bertz CT molecular complexity index is 8230. The van der Waals surface area contributed by atoms with Crippen molar-refractivity contribution < 1.29 is 189 Å². The maximum absolute atomic E-state index is 14.0. The highest BCUT2D eigenvalue weighted by molar-refractivity contribution is 5.86. The fraction of sp³-hybridized carbons (Fsp3) is 0.639.